The van der Waals surface area contributed by atoms with Gasteiger partial charge in [-0.25, -0.2) is 0 Å². The molecule has 8 nitrogen and oxygen atoms in total. The number of fused-ring (bicyclic) bond motifs is 1. The lowest BCUT2D eigenvalue weighted by molar-refractivity contribution is -0.148. The maximum atomic E-state index is 13.7. The summed E-state index contributed by atoms with van der Waals surface area (Å²) in [4.78, 5) is 52.8. The van der Waals surface area contributed by atoms with Crippen LogP contribution >= 0.6 is 0 Å². The minimum Gasteiger partial charge on any atom is -0.465 e. The molecule has 1 saturated heterocycles. The monoisotopic (exact) mass is 468 g/mol. The van der Waals surface area contributed by atoms with E-state index < -0.39 is 29.7 Å². The van der Waals surface area contributed by atoms with E-state index in [-0.39, 0.29) is 30.4 Å². The summed E-state index contributed by atoms with van der Waals surface area (Å²) in [5.41, 5.74) is 0.605. The molecule has 2 fully saturated rings. The van der Waals surface area contributed by atoms with Gasteiger partial charge in [0.2, 0.25) is 11.8 Å². The van der Waals surface area contributed by atoms with Crippen molar-refractivity contribution in [2.24, 2.45) is 23.7 Å². The van der Waals surface area contributed by atoms with Crippen molar-refractivity contribution in [1.29, 1.82) is 0 Å². The second-order valence-electron chi connectivity index (χ2n) is 9.42. The first-order valence-electron chi connectivity index (χ1n) is 12.0. The molecule has 34 heavy (non-hydrogen) atoms. The fourth-order valence-electron chi connectivity index (χ4n) is 5.63. The molecule has 8 heteroatoms. The molecule has 0 aromatic heterocycles. The fourth-order valence-corrected chi connectivity index (χ4v) is 5.63. The zero-order chi connectivity index (χ0) is 24.2. The zero-order valence-corrected chi connectivity index (χ0v) is 19.7. The van der Waals surface area contributed by atoms with E-state index >= 15 is 0 Å². The predicted octanol–water partition coefficient (Wildman–Crippen LogP) is 3.29. The lowest BCUT2D eigenvalue weighted by Gasteiger charge is -2.36. The van der Waals surface area contributed by atoms with Crippen LogP contribution in [0.25, 0.3) is 0 Å². The van der Waals surface area contributed by atoms with E-state index in [2.05, 4.69) is 5.32 Å². The Hall–Kier alpha value is -3.16. The molecule has 182 valence electrons. The number of nitrogens with one attached hydrogen (secondary N) is 1. The highest BCUT2D eigenvalue weighted by atomic mass is 16.5. The van der Waals surface area contributed by atoms with Crippen molar-refractivity contribution in [2.75, 3.05) is 18.5 Å². The highest BCUT2D eigenvalue weighted by Gasteiger charge is 2.55. The molecule has 1 heterocycles. The quantitative estimate of drug-likeness (QED) is 0.643. The molecule has 4 atom stereocenters. The molecule has 2 amide bonds. The number of para-hydroxylation sites is 1. The van der Waals surface area contributed by atoms with Crippen molar-refractivity contribution in [3.05, 3.63) is 42.2 Å². The molecule has 2 aliphatic carbocycles. The number of esters is 2. The zero-order valence-electron chi connectivity index (χ0n) is 19.7. The minimum atomic E-state index is -0.843. The van der Waals surface area contributed by atoms with Crippen molar-refractivity contribution in [1.82, 2.24) is 4.90 Å². The van der Waals surface area contributed by atoms with Gasteiger partial charge in [-0.1, -0.05) is 37.5 Å². The number of anilines is 1. The normalized spacial score (nSPS) is 26.9. The van der Waals surface area contributed by atoms with Crippen LogP contribution in [0.5, 0.6) is 0 Å². The number of hydrogen-bond acceptors (Lipinski definition) is 6. The number of carbonyl (C=O) groups is 4. The van der Waals surface area contributed by atoms with Gasteiger partial charge < -0.3 is 19.7 Å². The molecule has 0 bridgehead atoms. The fraction of sp³-hybridized carbons (Fsp3) is 0.538. The van der Waals surface area contributed by atoms with Crippen molar-refractivity contribution >= 4 is 29.4 Å². The van der Waals surface area contributed by atoms with Gasteiger partial charge in [-0.05, 0) is 31.1 Å². The van der Waals surface area contributed by atoms with Crippen LogP contribution in [-0.2, 0) is 28.7 Å². The molecular weight excluding hydrogens is 436 g/mol. The molecule has 1 aromatic carbocycles. The van der Waals surface area contributed by atoms with E-state index in [4.69, 9.17) is 9.47 Å². The summed E-state index contributed by atoms with van der Waals surface area (Å²) in [5, 5.41) is 2.91. The Morgan fingerprint density at radius 3 is 2.38 bits per heavy atom. The van der Waals surface area contributed by atoms with Crippen LogP contribution in [0.3, 0.4) is 0 Å². The van der Waals surface area contributed by atoms with Crippen LogP contribution in [0.2, 0.25) is 0 Å². The van der Waals surface area contributed by atoms with Crippen LogP contribution in [0.1, 0.15) is 46.0 Å². The number of benzene rings is 1. The Labute approximate surface area is 199 Å². The van der Waals surface area contributed by atoms with Crippen LogP contribution in [0.4, 0.5) is 5.69 Å². The van der Waals surface area contributed by atoms with Gasteiger partial charge >= 0.3 is 11.9 Å². The lowest BCUT2D eigenvalue weighted by Crippen LogP contribution is -2.46. The SMILES string of the molecule is CC(=O)OC[C@H]1C(OC(C)=O)=C[C@H]2CN(C3CCCCC3)C(=O)[C@H]2[C@H]1C(=O)Nc1ccccc1. The third kappa shape index (κ3) is 5.16. The average molecular weight is 469 g/mol. The Morgan fingerprint density at radius 1 is 1.03 bits per heavy atom. The summed E-state index contributed by atoms with van der Waals surface area (Å²) in [6.45, 7) is 2.92. The number of amides is 2. The van der Waals surface area contributed by atoms with Crippen molar-refractivity contribution in [2.45, 2.75) is 52.0 Å². The molecule has 0 radical (unpaired) electrons. The van der Waals surface area contributed by atoms with E-state index in [1.165, 1.54) is 20.3 Å². The highest BCUT2D eigenvalue weighted by molar-refractivity contribution is 5.97. The third-order valence-corrected chi connectivity index (χ3v) is 7.09. The van der Waals surface area contributed by atoms with E-state index in [9.17, 15) is 19.2 Å². The van der Waals surface area contributed by atoms with Crippen LogP contribution in [0, 0.1) is 23.7 Å². The first-order chi connectivity index (χ1) is 16.3. The van der Waals surface area contributed by atoms with Crippen LogP contribution in [-0.4, -0.2) is 47.8 Å². The third-order valence-electron chi connectivity index (χ3n) is 7.09. The van der Waals surface area contributed by atoms with E-state index in [1.807, 2.05) is 23.1 Å². The molecular formula is C26H32N2O6. The van der Waals surface area contributed by atoms with Gasteiger partial charge in [0.05, 0.1) is 17.8 Å². The number of rotatable bonds is 6. The molecule has 0 unspecified atom stereocenters. The van der Waals surface area contributed by atoms with Gasteiger partial charge in [0.1, 0.15) is 12.4 Å². The molecule has 4 rings (SSSR count). The maximum Gasteiger partial charge on any atom is 0.307 e. The Balaban J connectivity index is 1.69. The molecule has 0 spiro atoms. The predicted molar refractivity (Wildman–Crippen MR) is 124 cm³/mol. The van der Waals surface area contributed by atoms with Gasteiger partial charge in [0.25, 0.3) is 0 Å². The van der Waals surface area contributed by atoms with E-state index in [0.29, 0.717) is 18.0 Å². The molecule has 1 saturated carbocycles. The van der Waals surface area contributed by atoms with E-state index in [1.54, 1.807) is 18.2 Å². The van der Waals surface area contributed by atoms with Gasteiger partial charge in [-0.15, -0.1) is 0 Å². The summed E-state index contributed by atoms with van der Waals surface area (Å²) in [7, 11) is 0. The van der Waals surface area contributed by atoms with Gasteiger partial charge in [-0.3, -0.25) is 19.2 Å². The molecule has 1 aromatic rings. The lowest BCUT2D eigenvalue weighted by atomic mass is 9.70. The number of nitrogens with zero attached hydrogens (tertiary/aromatic N) is 1. The Morgan fingerprint density at radius 2 is 1.74 bits per heavy atom. The number of ether oxygens (including phenoxy) is 2. The first-order valence-corrected chi connectivity index (χ1v) is 12.0. The summed E-state index contributed by atoms with van der Waals surface area (Å²) in [5.74, 6) is -3.58. The topological polar surface area (TPSA) is 102 Å². The van der Waals surface area contributed by atoms with Gasteiger partial charge in [0.15, 0.2) is 0 Å². The van der Waals surface area contributed by atoms with Crippen molar-refractivity contribution in [3.8, 4) is 0 Å². The largest absolute Gasteiger partial charge is 0.465 e. The molecule has 1 aliphatic heterocycles. The molecule has 1 N–H and O–H groups in total. The van der Waals surface area contributed by atoms with Crippen LogP contribution in [0.15, 0.2) is 42.2 Å². The maximum absolute atomic E-state index is 13.7. The highest BCUT2D eigenvalue weighted by Crippen LogP contribution is 2.46. The average Bonchev–Trinajstić information content (AvgIpc) is 3.13. The minimum absolute atomic E-state index is 0.0453. The Kier molecular flexibility index (Phi) is 7.34. The van der Waals surface area contributed by atoms with Gasteiger partial charge in [-0.2, -0.15) is 0 Å². The second kappa shape index (κ2) is 10.4. The van der Waals surface area contributed by atoms with Crippen LogP contribution < -0.4 is 5.32 Å². The first kappa shape index (κ1) is 24.0. The summed E-state index contributed by atoms with van der Waals surface area (Å²) < 4.78 is 10.8. The number of carbonyl (C=O) groups excluding carboxylic acids is 4. The Bertz CT molecular complexity index is 969. The standard InChI is InChI=1S/C26H32N2O6/c1-16(29)33-15-21-22(34-17(2)30)13-18-14-28(20-11-7-4-8-12-20)26(32)23(18)24(21)25(31)27-19-9-5-3-6-10-19/h3,5-6,9-10,13,18,20-21,23-24H,4,7-8,11-12,14-15H2,1-2H3,(H,27,31)/t18-,21-,23+,24-/m0/s1. The van der Waals surface area contributed by atoms with Crippen molar-refractivity contribution in [3.63, 3.8) is 0 Å². The summed E-state index contributed by atoms with van der Waals surface area (Å²) >= 11 is 0. The van der Waals surface area contributed by atoms with Crippen molar-refractivity contribution < 1.29 is 28.7 Å². The smallest absolute Gasteiger partial charge is 0.307 e. The number of likely N-dealkylation sites (tertiary alicyclic amines) is 1. The number of hydrogen-bond donors (Lipinski definition) is 1. The summed E-state index contributed by atoms with van der Waals surface area (Å²) in [6, 6.07) is 9.18. The molecule has 3 aliphatic rings. The second-order valence-corrected chi connectivity index (χ2v) is 9.42. The van der Waals surface area contributed by atoms with E-state index in [0.717, 1.165) is 25.7 Å². The summed E-state index contributed by atoms with van der Waals surface area (Å²) in [6.07, 6.45) is 7.07. The van der Waals surface area contributed by atoms with Gasteiger partial charge in [0, 0.05) is 38.0 Å².